The van der Waals surface area contributed by atoms with Crippen LogP contribution in [-0.4, -0.2) is 36.2 Å². The lowest BCUT2D eigenvalue weighted by Crippen LogP contribution is -2.43. The van der Waals surface area contributed by atoms with Gasteiger partial charge in [0, 0.05) is 17.1 Å². The first-order valence-corrected chi connectivity index (χ1v) is 7.67. The van der Waals surface area contributed by atoms with Crippen LogP contribution in [0.5, 0.6) is 5.75 Å². The van der Waals surface area contributed by atoms with Crippen molar-refractivity contribution >= 4 is 17.6 Å². The highest BCUT2D eigenvalue weighted by atomic mass is 35.5. The fourth-order valence-corrected chi connectivity index (χ4v) is 3.16. The molecule has 1 heterocycles. The zero-order chi connectivity index (χ0) is 15.5. The molecule has 0 unspecified atom stereocenters. The van der Waals surface area contributed by atoms with Crippen LogP contribution in [0, 0.1) is 5.41 Å². The summed E-state index contributed by atoms with van der Waals surface area (Å²) >= 11 is 6.05. The highest BCUT2D eigenvalue weighted by Gasteiger charge is 2.39. The minimum absolute atomic E-state index is 0.547. The summed E-state index contributed by atoms with van der Waals surface area (Å²) in [6.07, 6.45) is 2.08. The van der Waals surface area contributed by atoms with Crippen LogP contribution in [0.4, 0.5) is 0 Å². The highest BCUT2D eigenvalue weighted by molar-refractivity contribution is 6.30. The standard InChI is InChI=1S/C16H22ClNO3/c1-3-16(15(19)20)6-8-18(9-7-16)11-12-10-13(17)4-5-14(12)21-2/h4-5,10H,3,6-9,11H2,1-2H3,(H,19,20). The molecule has 116 valence electrons. The maximum Gasteiger partial charge on any atom is 0.309 e. The van der Waals surface area contributed by atoms with Crippen LogP contribution < -0.4 is 4.74 Å². The number of nitrogens with zero attached hydrogens (tertiary/aromatic N) is 1. The summed E-state index contributed by atoms with van der Waals surface area (Å²) in [7, 11) is 1.65. The molecule has 1 aliphatic heterocycles. The molecule has 1 fully saturated rings. The van der Waals surface area contributed by atoms with Gasteiger partial charge in [0.05, 0.1) is 12.5 Å². The van der Waals surface area contributed by atoms with Crippen LogP contribution in [0.3, 0.4) is 0 Å². The maximum atomic E-state index is 11.5. The molecule has 5 heteroatoms. The van der Waals surface area contributed by atoms with Crippen molar-refractivity contribution in [3.8, 4) is 5.75 Å². The summed E-state index contributed by atoms with van der Waals surface area (Å²) in [5.74, 6) is 0.162. The smallest absolute Gasteiger partial charge is 0.309 e. The number of rotatable bonds is 5. The van der Waals surface area contributed by atoms with Crippen molar-refractivity contribution in [1.82, 2.24) is 4.90 Å². The Bertz CT molecular complexity index is 510. The maximum absolute atomic E-state index is 11.5. The fourth-order valence-electron chi connectivity index (χ4n) is 2.97. The Kier molecular flexibility index (Phi) is 5.12. The number of halogens is 1. The van der Waals surface area contributed by atoms with Crippen molar-refractivity contribution in [2.24, 2.45) is 5.41 Å². The molecule has 0 radical (unpaired) electrons. The van der Waals surface area contributed by atoms with E-state index < -0.39 is 11.4 Å². The Hall–Kier alpha value is -1.26. The van der Waals surface area contributed by atoms with E-state index in [2.05, 4.69) is 4.90 Å². The van der Waals surface area contributed by atoms with Gasteiger partial charge < -0.3 is 9.84 Å². The van der Waals surface area contributed by atoms with Crippen LogP contribution in [0.1, 0.15) is 31.7 Å². The molecular formula is C16H22ClNO3. The summed E-state index contributed by atoms with van der Waals surface area (Å²) in [6, 6.07) is 5.60. The van der Waals surface area contributed by atoms with E-state index in [1.54, 1.807) is 7.11 Å². The van der Waals surface area contributed by atoms with E-state index in [0.717, 1.165) is 30.9 Å². The average Bonchev–Trinajstić information content (AvgIpc) is 2.48. The minimum Gasteiger partial charge on any atom is -0.496 e. The first kappa shape index (κ1) is 16.1. The lowest BCUT2D eigenvalue weighted by atomic mass is 9.76. The molecule has 1 saturated heterocycles. The molecule has 0 spiro atoms. The molecular weight excluding hydrogens is 290 g/mol. The van der Waals surface area contributed by atoms with Crippen molar-refractivity contribution in [2.75, 3.05) is 20.2 Å². The average molecular weight is 312 g/mol. The number of hydrogen-bond donors (Lipinski definition) is 1. The third-order valence-corrected chi connectivity index (χ3v) is 4.82. The fraction of sp³-hybridized carbons (Fsp3) is 0.562. The molecule has 1 aromatic carbocycles. The molecule has 1 N–H and O–H groups in total. The number of hydrogen-bond acceptors (Lipinski definition) is 3. The number of piperidine rings is 1. The van der Waals surface area contributed by atoms with E-state index in [4.69, 9.17) is 16.3 Å². The normalized spacial score (nSPS) is 18.4. The summed E-state index contributed by atoms with van der Waals surface area (Å²) < 4.78 is 5.36. The summed E-state index contributed by atoms with van der Waals surface area (Å²) in [6.45, 7) is 4.28. The van der Waals surface area contributed by atoms with E-state index in [1.807, 2.05) is 25.1 Å². The molecule has 0 atom stereocenters. The van der Waals surface area contributed by atoms with Gasteiger partial charge in [-0.25, -0.2) is 0 Å². The summed E-state index contributed by atoms with van der Waals surface area (Å²) in [5.41, 5.74) is 0.499. The van der Waals surface area contributed by atoms with Crippen LogP contribution >= 0.6 is 11.6 Å². The molecule has 0 bridgehead atoms. The second-order valence-electron chi connectivity index (χ2n) is 5.67. The molecule has 1 aromatic rings. The zero-order valence-electron chi connectivity index (χ0n) is 12.6. The van der Waals surface area contributed by atoms with Crippen LogP contribution in [0.15, 0.2) is 18.2 Å². The number of carbonyl (C=O) groups is 1. The lowest BCUT2D eigenvalue weighted by molar-refractivity contribution is -0.152. The van der Waals surface area contributed by atoms with Gasteiger partial charge >= 0.3 is 5.97 Å². The molecule has 0 aromatic heterocycles. The van der Waals surface area contributed by atoms with Gasteiger partial charge in [-0.05, 0) is 50.6 Å². The van der Waals surface area contributed by atoms with E-state index in [1.165, 1.54) is 0 Å². The quantitative estimate of drug-likeness (QED) is 0.905. The van der Waals surface area contributed by atoms with Crippen LogP contribution in [0.2, 0.25) is 5.02 Å². The van der Waals surface area contributed by atoms with E-state index in [0.29, 0.717) is 24.3 Å². The third-order valence-electron chi connectivity index (χ3n) is 4.58. The SMILES string of the molecule is CCC1(C(=O)O)CCN(Cc2cc(Cl)ccc2OC)CC1. The van der Waals surface area contributed by atoms with Gasteiger partial charge in [0.2, 0.25) is 0 Å². The summed E-state index contributed by atoms with van der Waals surface area (Å²) in [4.78, 5) is 13.7. The molecule has 0 aliphatic carbocycles. The largest absolute Gasteiger partial charge is 0.496 e. The predicted molar refractivity (Wildman–Crippen MR) is 82.9 cm³/mol. The number of carboxylic acid groups (broad SMARTS) is 1. The molecule has 1 aliphatic rings. The van der Waals surface area contributed by atoms with Gasteiger partial charge in [0.1, 0.15) is 5.75 Å². The van der Waals surface area contributed by atoms with Gasteiger partial charge in [0.25, 0.3) is 0 Å². The van der Waals surface area contributed by atoms with Crippen molar-refractivity contribution in [3.05, 3.63) is 28.8 Å². The van der Waals surface area contributed by atoms with Crippen molar-refractivity contribution < 1.29 is 14.6 Å². The number of aliphatic carboxylic acids is 1. The Balaban J connectivity index is 2.04. The van der Waals surface area contributed by atoms with E-state index >= 15 is 0 Å². The number of carboxylic acids is 1. The van der Waals surface area contributed by atoms with Gasteiger partial charge in [-0.3, -0.25) is 9.69 Å². The third kappa shape index (κ3) is 3.50. The molecule has 2 rings (SSSR count). The minimum atomic E-state index is -0.662. The van der Waals surface area contributed by atoms with E-state index in [-0.39, 0.29) is 0 Å². The van der Waals surface area contributed by atoms with Crippen molar-refractivity contribution in [1.29, 1.82) is 0 Å². The second kappa shape index (κ2) is 6.67. The first-order chi connectivity index (χ1) is 10.0. The molecule has 21 heavy (non-hydrogen) atoms. The first-order valence-electron chi connectivity index (χ1n) is 7.29. The molecule has 4 nitrogen and oxygen atoms in total. The van der Waals surface area contributed by atoms with Crippen molar-refractivity contribution in [2.45, 2.75) is 32.7 Å². The Morgan fingerprint density at radius 3 is 2.62 bits per heavy atom. The van der Waals surface area contributed by atoms with Crippen LogP contribution in [0.25, 0.3) is 0 Å². The molecule has 0 saturated carbocycles. The predicted octanol–water partition coefficient (Wildman–Crippen LogP) is 3.43. The highest BCUT2D eigenvalue weighted by Crippen LogP contribution is 2.36. The lowest BCUT2D eigenvalue weighted by Gasteiger charge is -2.38. The Morgan fingerprint density at radius 2 is 2.10 bits per heavy atom. The number of methoxy groups -OCH3 is 1. The topological polar surface area (TPSA) is 49.8 Å². The summed E-state index contributed by atoms with van der Waals surface area (Å²) in [5, 5.41) is 10.1. The van der Waals surface area contributed by atoms with Crippen molar-refractivity contribution in [3.63, 3.8) is 0 Å². The Morgan fingerprint density at radius 1 is 1.43 bits per heavy atom. The second-order valence-corrected chi connectivity index (χ2v) is 6.11. The van der Waals surface area contributed by atoms with Gasteiger partial charge in [-0.2, -0.15) is 0 Å². The molecule has 0 amide bonds. The Labute approximate surface area is 130 Å². The monoisotopic (exact) mass is 311 g/mol. The number of likely N-dealkylation sites (tertiary alicyclic amines) is 1. The van der Waals surface area contributed by atoms with E-state index in [9.17, 15) is 9.90 Å². The van der Waals surface area contributed by atoms with Gasteiger partial charge in [-0.15, -0.1) is 0 Å². The van der Waals surface area contributed by atoms with Gasteiger partial charge in [0.15, 0.2) is 0 Å². The van der Waals surface area contributed by atoms with Gasteiger partial charge in [-0.1, -0.05) is 18.5 Å². The zero-order valence-corrected chi connectivity index (χ0v) is 13.3. The van der Waals surface area contributed by atoms with Crippen LogP contribution in [-0.2, 0) is 11.3 Å². The number of ether oxygens (including phenoxy) is 1. The number of benzene rings is 1.